The summed E-state index contributed by atoms with van der Waals surface area (Å²) >= 11 is 6.01. The molecule has 0 spiro atoms. The number of tetrazole rings is 1. The van der Waals surface area contributed by atoms with Crippen molar-refractivity contribution in [3.63, 3.8) is 0 Å². The molecular formula is C12H16ClN5O. The van der Waals surface area contributed by atoms with Crippen LogP contribution in [0.5, 0.6) is 0 Å². The van der Waals surface area contributed by atoms with E-state index in [1.807, 2.05) is 12.1 Å². The summed E-state index contributed by atoms with van der Waals surface area (Å²) in [5.74, 6) is 0.636. The summed E-state index contributed by atoms with van der Waals surface area (Å²) in [6.45, 7) is 1.45. The first-order valence-electron chi connectivity index (χ1n) is 6.03. The van der Waals surface area contributed by atoms with E-state index in [0.717, 1.165) is 31.6 Å². The van der Waals surface area contributed by atoms with Gasteiger partial charge in [-0.25, -0.2) is 4.68 Å². The van der Waals surface area contributed by atoms with Crippen LogP contribution in [0, 0.1) is 0 Å². The van der Waals surface area contributed by atoms with Crippen molar-refractivity contribution in [3.05, 3.63) is 23.2 Å². The molecule has 1 aromatic carbocycles. The molecule has 0 saturated carbocycles. The fourth-order valence-corrected chi connectivity index (χ4v) is 1.96. The van der Waals surface area contributed by atoms with Crippen molar-refractivity contribution in [1.29, 1.82) is 0 Å². The van der Waals surface area contributed by atoms with E-state index in [9.17, 15) is 0 Å². The van der Waals surface area contributed by atoms with Gasteiger partial charge in [-0.05, 0) is 35.4 Å². The third-order valence-corrected chi connectivity index (χ3v) is 3.12. The molecule has 0 aliphatic carbocycles. The van der Waals surface area contributed by atoms with Crippen LogP contribution in [0.15, 0.2) is 18.2 Å². The Morgan fingerprint density at radius 1 is 1.37 bits per heavy atom. The van der Waals surface area contributed by atoms with Crippen molar-refractivity contribution in [3.8, 4) is 11.4 Å². The molecule has 7 heteroatoms. The molecular weight excluding hydrogens is 266 g/mol. The Morgan fingerprint density at radius 3 is 3.00 bits per heavy atom. The second-order valence-electron chi connectivity index (χ2n) is 4.13. The summed E-state index contributed by atoms with van der Waals surface area (Å²) < 4.78 is 6.75. The van der Waals surface area contributed by atoms with Gasteiger partial charge >= 0.3 is 0 Å². The van der Waals surface area contributed by atoms with Crippen LogP contribution >= 0.6 is 11.6 Å². The minimum Gasteiger partial charge on any atom is -0.397 e. The third-order valence-electron chi connectivity index (χ3n) is 2.79. The van der Waals surface area contributed by atoms with Gasteiger partial charge in [0, 0.05) is 25.8 Å². The maximum atomic E-state index is 6.01. The number of nitrogens with two attached hydrogens (primary N) is 1. The SMILES string of the molecule is COCCCCn1nnnc1-c1cccc(Cl)c1N. The van der Waals surface area contributed by atoms with E-state index >= 15 is 0 Å². The van der Waals surface area contributed by atoms with Crippen LogP contribution in [-0.2, 0) is 11.3 Å². The zero-order valence-corrected chi connectivity index (χ0v) is 11.5. The molecule has 0 aliphatic rings. The molecule has 19 heavy (non-hydrogen) atoms. The second-order valence-corrected chi connectivity index (χ2v) is 4.53. The van der Waals surface area contributed by atoms with Crippen LogP contribution in [0.4, 0.5) is 5.69 Å². The summed E-state index contributed by atoms with van der Waals surface area (Å²) in [5, 5.41) is 12.2. The fraction of sp³-hybridized carbons (Fsp3) is 0.417. The van der Waals surface area contributed by atoms with E-state index < -0.39 is 0 Å². The number of unbranched alkanes of at least 4 members (excludes halogenated alkanes) is 1. The van der Waals surface area contributed by atoms with Gasteiger partial charge in [-0.15, -0.1) is 5.10 Å². The first-order chi connectivity index (χ1) is 9.24. The van der Waals surface area contributed by atoms with Crippen LogP contribution in [0.2, 0.25) is 5.02 Å². The van der Waals surface area contributed by atoms with Crippen molar-refractivity contribution in [2.75, 3.05) is 19.5 Å². The second kappa shape index (κ2) is 6.49. The summed E-state index contributed by atoms with van der Waals surface area (Å²) in [7, 11) is 1.69. The third kappa shape index (κ3) is 3.21. The molecule has 0 atom stereocenters. The van der Waals surface area contributed by atoms with Gasteiger partial charge in [-0.3, -0.25) is 0 Å². The lowest BCUT2D eigenvalue weighted by atomic mass is 10.1. The molecule has 0 radical (unpaired) electrons. The van der Waals surface area contributed by atoms with Crippen LogP contribution in [-0.4, -0.2) is 33.9 Å². The number of nitrogens with zero attached hydrogens (tertiary/aromatic N) is 4. The van der Waals surface area contributed by atoms with Gasteiger partial charge in [0.25, 0.3) is 0 Å². The van der Waals surface area contributed by atoms with Crippen molar-refractivity contribution >= 4 is 17.3 Å². The first-order valence-corrected chi connectivity index (χ1v) is 6.41. The molecule has 6 nitrogen and oxygen atoms in total. The number of methoxy groups -OCH3 is 1. The monoisotopic (exact) mass is 281 g/mol. The molecule has 1 aromatic heterocycles. The normalized spacial score (nSPS) is 10.8. The maximum Gasteiger partial charge on any atom is 0.184 e. The Labute approximate surface area is 116 Å². The highest BCUT2D eigenvalue weighted by molar-refractivity contribution is 6.33. The highest BCUT2D eigenvalue weighted by Crippen LogP contribution is 2.29. The van der Waals surface area contributed by atoms with E-state index in [4.69, 9.17) is 22.1 Å². The minimum absolute atomic E-state index is 0.497. The predicted molar refractivity (Wildman–Crippen MR) is 73.8 cm³/mol. The Hall–Kier alpha value is -1.66. The summed E-state index contributed by atoms with van der Waals surface area (Å²) in [4.78, 5) is 0. The Bertz CT molecular complexity index is 543. The van der Waals surface area contributed by atoms with Crippen molar-refractivity contribution in [2.24, 2.45) is 0 Å². The van der Waals surface area contributed by atoms with Gasteiger partial charge in [0.2, 0.25) is 0 Å². The number of para-hydroxylation sites is 1. The highest BCUT2D eigenvalue weighted by Gasteiger charge is 2.13. The number of anilines is 1. The summed E-state index contributed by atoms with van der Waals surface area (Å²) in [6.07, 6.45) is 1.90. The number of ether oxygens (including phenoxy) is 1. The van der Waals surface area contributed by atoms with E-state index in [2.05, 4.69) is 15.5 Å². The molecule has 0 unspecified atom stereocenters. The number of aromatic nitrogens is 4. The van der Waals surface area contributed by atoms with Gasteiger partial charge in [0.15, 0.2) is 5.82 Å². The van der Waals surface area contributed by atoms with E-state index in [1.165, 1.54) is 0 Å². The molecule has 2 rings (SSSR count). The van der Waals surface area contributed by atoms with Crippen LogP contribution in [0.25, 0.3) is 11.4 Å². The lowest BCUT2D eigenvalue weighted by molar-refractivity contribution is 0.191. The van der Waals surface area contributed by atoms with Gasteiger partial charge in [0.1, 0.15) is 0 Å². The predicted octanol–water partition coefficient (Wildman–Crippen LogP) is 2.00. The Kier molecular flexibility index (Phi) is 4.70. The topological polar surface area (TPSA) is 78.8 Å². The fourth-order valence-electron chi connectivity index (χ4n) is 1.79. The van der Waals surface area contributed by atoms with Gasteiger partial charge in [-0.2, -0.15) is 0 Å². The van der Waals surface area contributed by atoms with Crippen molar-refractivity contribution < 1.29 is 4.74 Å². The molecule has 2 aromatic rings. The Balaban J connectivity index is 2.17. The largest absolute Gasteiger partial charge is 0.397 e. The van der Waals surface area contributed by atoms with E-state index in [1.54, 1.807) is 17.9 Å². The van der Waals surface area contributed by atoms with Gasteiger partial charge < -0.3 is 10.5 Å². The molecule has 1 heterocycles. The standard InChI is InChI=1S/C12H16ClN5O/c1-19-8-3-2-7-18-12(15-16-17-18)9-5-4-6-10(13)11(9)14/h4-6H,2-3,7-8,14H2,1H3. The quantitative estimate of drug-likeness (QED) is 0.647. The molecule has 102 valence electrons. The average Bonchev–Trinajstić information content (AvgIpc) is 2.86. The highest BCUT2D eigenvalue weighted by atomic mass is 35.5. The van der Waals surface area contributed by atoms with E-state index in [0.29, 0.717) is 16.5 Å². The van der Waals surface area contributed by atoms with Gasteiger partial charge in [0.05, 0.1) is 10.7 Å². The first kappa shape index (κ1) is 13.8. The average molecular weight is 282 g/mol. The van der Waals surface area contributed by atoms with Crippen LogP contribution in [0.1, 0.15) is 12.8 Å². The molecule has 0 saturated heterocycles. The summed E-state index contributed by atoms with van der Waals surface area (Å²) in [6, 6.07) is 5.43. The Morgan fingerprint density at radius 2 is 2.21 bits per heavy atom. The lowest BCUT2D eigenvalue weighted by Gasteiger charge is -2.07. The summed E-state index contributed by atoms with van der Waals surface area (Å²) in [5.41, 5.74) is 7.21. The minimum atomic E-state index is 0.497. The van der Waals surface area contributed by atoms with Crippen molar-refractivity contribution in [2.45, 2.75) is 19.4 Å². The van der Waals surface area contributed by atoms with Crippen molar-refractivity contribution in [1.82, 2.24) is 20.2 Å². The number of nitrogen functional groups attached to an aromatic ring is 1. The number of aryl methyl sites for hydroxylation is 1. The van der Waals surface area contributed by atoms with Crippen LogP contribution in [0.3, 0.4) is 0 Å². The smallest absolute Gasteiger partial charge is 0.184 e. The number of hydrogen-bond acceptors (Lipinski definition) is 5. The molecule has 0 bridgehead atoms. The molecule has 0 aliphatic heterocycles. The molecule has 0 amide bonds. The molecule has 0 fully saturated rings. The zero-order valence-electron chi connectivity index (χ0n) is 10.7. The van der Waals surface area contributed by atoms with E-state index in [-0.39, 0.29) is 0 Å². The van der Waals surface area contributed by atoms with Gasteiger partial charge in [-0.1, -0.05) is 17.7 Å². The number of benzene rings is 1. The number of hydrogen-bond donors (Lipinski definition) is 1. The lowest BCUT2D eigenvalue weighted by Crippen LogP contribution is -2.05. The zero-order chi connectivity index (χ0) is 13.7. The molecule has 2 N–H and O–H groups in total. The maximum absolute atomic E-state index is 6.01. The number of halogens is 1. The van der Waals surface area contributed by atoms with Crippen LogP contribution < -0.4 is 5.73 Å². The number of rotatable bonds is 6.